The number of aliphatic hydroxyl groups is 2. The molecule has 0 fully saturated rings. The molecule has 5 nitrogen and oxygen atoms in total. The first kappa shape index (κ1) is 39.3. The number of likely N-dealkylation sites (N-methyl/N-ethyl adjacent to an activating group) is 1. The Kier molecular flexibility index (Phi) is 30.9. The van der Waals surface area contributed by atoms with Gasteiger partial charge in [0.1, 0.15) is 5.91 Å². The second kappa shape index (κ2) is 28.3. The fraction of sp³-hybridized carbons (Fsp3) is 0.633. The van der Waals surface area contributed by atoms with Crippen molar-refractivity contribution in [3.8, 4) is 0 Å². The third-order valence-corrected chi connectivity index (χ3v) is 4.40. The predicted octanol–water partition coefficient (Wildman–Crippen LogP) is 6.29. The van der Waals surface area contributed by atoms with Crippen molar-refractivity contribution in [3.63, 3.8) is 0 Å². The van der Waals surface area contributed by atoms with Crippen LogP contribution in [0.25, 0.3) is 0 Å². The molecule has 0 heterocycles. The minimum Gasteiger partial charge on any atom is -0.394 e. The van der Waals surface area contributed by atoms with Crippen LogP contribution in [0.3, 0.4) is 0 Å². The van der Waals surface area contributed by atoms with Crippen LogP contribution in [0.4, 0.5) is 0 Å². The van der Waals surface area contributed by atoms with Crippen molar-refractivity contribution in [2.45, 2.75) is 106 Å². The van der Waals surface area contributed by atoms with Crippen molar-refractivity contribution >= 4 is 5.91 Å². The van der Waals surface area contributed by atoms with Crippen LogP contribution in [0.1, 0.15) is 92.6 Å². The van der Waals surface area contributed by atoms with Gasteiger partial charge in [0.25, 0.3) is 0 Å². The number of benzene rings is 1. The molecule has 1 rings (SSSR count). The van der Waals surface area contributed by atoms with Crippen LogP contribution in [-0.2, 0) is 37.9 Å². The fourth-order valence-corrected chi connectivity index (χ4v) is 2.73. The van der Waals surface area contributed by atoms with Crippen molar-refractivity contribution in [3.05, 3.63) is 59.7 Å². The smallest absolute Gasteiger partial charge is 0.394 e. The molecule has 0 aliphatic heterocycles. The zero-order valence-corrected chi connectivity index (χ0v) is 25.4. The average molecular weight is 538 g/mol. The summed E-state index contributed by atoms with van der Waals surface area (Å²) in [6, 6.07) is 10.2. The van der Waals surface area contributed by atoms with E-state index < -0.39 is 0 Å². The van der Waals surface area contributed by atoms with E-state index in [-0.39, 0.29) is 39.8 Å². The van der Waals surface area contributed by atoms with Crippen molar-refractivity contribution in [1.29, 1.82) is 0 Å². The third kappa shape index (κ3) is 29.0. The predicted molar refractivity (Wildman–Crippen MR) is 147 cm³/mol. The summed E-state index contributed by atoms with van der Waals surface area (Å²) in [4.78, 5) is 14.1. The van der Waals surface area contributed by atoms with Gasteiger partial charge in [0.05, 0.1) is 6.61 Å². The Bertz CT molecular complexity index is 645. The molecule has 0 saturated carbocycles. The summed E-state index contributed by atoms with van der Waals surface area (Å²) in [5.74, 6) is -0.0242. The van der Waals surface area contributed by atoms with E-state index in [1.54, 1.807) is 32.6 Å². The standard InChI is InChI=1S/C24H35NO2.2C3H8O.Ti/c1-4-7-8-10-15-22(20-24(26)25(5-2)6-3)16-13-14-19-27-21-23-17-11-9-12-18-23;2*1-3(2)4;/h9,11-12,16-18H,4-8,10,14-15,19,21H2,1-3H3;2*3-4H,1-2H3;/q-2;;;+2. The van der Waals surface area contributed by atoms with Gasteiger partial charge >= 0.3 is 21.7 Å². The molecule has 0 unspecified atom stereocenters. The Labute approximate surface area is 236 Å². The maximum absolute atomic E-state index is 12.3. The number of allylic oxidation sites excluding steroid dienone is 2. The van der Waals surface area contributed by atoms with Gasteiger partial charge in [-0.2, -0.15) is 0 Å². The van der Waals surface area contributed by atoms with E-state index in [0.717, 1.165) is 18.4 Å². The van der Waals surface area contributed by atoms with Gasteiger partial charge in [-0.25, -0.2) is 0 Å². The number of nitrogens with zero attached hydrogens (tertiary/aromatic N) is 1. The molecule has 0 aliphatic rings. The number of rotatable bonds is 14. The van der Waals surface area contributed by atoms with Gasteiger partial charge in [-0.1, -0.05) is 62.9 Å². The Balaban J connectivity index is -0.00000105. The molecule has 0 radical (unpaired) electrons. The van der Waals surface area contributed by atoms with E-state index in [2.05, 4.69) is 31.2 Å². The molecule has 1 aromatic rings. The number of hydrogen-bond acceptors (Lipinski definition) is 4. The summed E-state index contributed by atoms with van der Waals surface area (Å²) < 4.78 is 5.68. The zero-order valence-electron chi connectivity index (χ0n) is 23.8. The Hall–Kier alpha value is -1.24. The first-order valence-electron chi connectivity index (χ1n) is 13.1. The molecule has 6 heteroatoms. The quantitative estimate of drug-likeness (QED) is 0.0962. The van der Waals surface area contributed by atoms with E-state index in [1.165, 1.54) is 24.8 Å². The van der Waals surface area contributed by atoms with Crippen molar-refractivity contribution in [2.75, 3.05) is 19.7 Å². The van der Waals surface area contributed by atoms with Gasteiger partial charge in [0.15, 0.2) is 0 Å². The fourth-order valence-electron chi connectivity index (χ4n) is 2.73. The molecular weight excluding hydrogens is 486 g/mol. The molecule has 0 spiro atoms. The molecule has 204 valence electrons. The average Bonchev–Trinajstić information content (AvgIpc) is 2.79. The van der Waals surface area contributed by atoms with Gasteiger partial charge in [0.2, 0.25) is 0 Å². The van der Waals surface area contributed by atoms with Crippen LogP contribution in [-0.4, -0.2) is 52.9 Å². The van der Waals surface area contributed by atoms with Crippen molar-refractivity contribution < 1.29 is 41.5 Å². The van der Waals surface area contributed by atoms with Crippen molar-refractivity contribution in [2.24, 2.45) is 0 Å². The van der Waals surface area contributed by atoms with Gasteiger partial charge in [-0.3, -0.25) is 10.9 Å². The van der Waals surface area contributed by atoms with Gasteiger partial charge in [0, 0.05) is 31.9 Å². The maximum Gasteiger partial charge on any atom is 2.00 e. The number of amides is 1. The van der Waals surface area contributed by atoms with E-state index in [0.29, 0.717) is 32.7 Å². The van der Waals surface area contributed by atoms with Gasteiger partial charge in [-0.05, 0) is 47.1 Å². The molecule has 1 amide bonds. The monoisotopic (exact) mass is 537 g/mol. The molecular formula is C30H51NO4Ti. The minimum atomic E-state index is -0.167. The van der Waals surface area contributed by atoms with Crippen LogP contribution in [0.2, 0.25) is 0 Å². The molecule has 0 aliphatic carbocycles. The topological polar surface area (TPSA) is 70.0 Å². The summed E-state index contributed by atoms with van der Waals surface area (Å²) in [7, 11) is 0. The van der Waals surface area contributed by atoms with Gasteiger partial charge < -0.3 is 37.6 Å². The molecule has 36 heavy (non-hydrogen) atoms. The maximum atomic E-state index is 12.3. The van der Waals surface area contributed by atoms with E-state index in [9.17, 15) is 4.79 Å². The molecule has 0 saturated heterocycles. The third-order valence-electron chi connectivity index (χ3n) is 4.40. The minimum absolute atomic E-state index is 0. The second-order valence-corrected chi connectivity index (χ2v) is 8.76. The van der Waals surface area contributed by atoms with Crippen LogP contribution < -0.4 is 0 Å². The summed E-state index contributed by atoms with van der Waals surface area (Å²) in [5, 5.41) is 16.1. The molecule has 0 atom stereocenters. The number of carbonyl (C=O) groups excluding carboxylic acids is 1. The number of carbonyl (C=O) groups is 1. The molecule has 0 aromatic heterocycles. The Morgan fingerprint density at radius 1 is 0.972 bits per heavy atom. The molecule has 1 aromatic carbocycles. The first-order valence-corrected chi connectivity index (χ1v) is 13.1. The number of unbranched alkanes of at least 4 members (excludes halogenated alkanes) is 3. The zero-order chi connectivity index (χ0) is 26.9. The summed E-state index contributed by atoms with van der Waals surface area (Å²) >= 11 is 0. The Morgan fingerprint density at radius 2 is 1.53 bits per heavy atom. The summed E-state index contributed by atoms with van der Waals surface area (Å²) in [6.45, 7) is 15.8. The van der Waals surface area contributed by atoms with E-state index >= 15 is 0 Å². The van der Waals surface area contributed by atoms with E-state index in [1.807, 2.05) is 38.1 Å². The SMILES string of the molecule is CC(C)O.CC(C)O.CCCCCCC(=[C-]C(=O)N(CC)CC)C=[C-]CCOCc1ccccc1.[Ti+2]. The first-order chi connectivity index (χ1) is 16.7. The van der Waals surface area contributed by atoms with Crippen LogP contribution in [0.15, 0.2) is 42.0 Å². The Morgan fingerprint density at radius 3 is 2.03 bits per heavy atom. The number of ether oxygens (including phenoxy) is 1. The molecule has 2 N–H and O–H groups in total. The molecule has 0 bridgehead atoms. The second-order valence-electron chi connectivity index (χ2n) is 8.76. The van der Waals surface area contributed by atoms with Crippen LogP contribution >= 0.6 is 0 Å². The summed E-state index contributed by atoms with van der Waals surface area (Å²) in [6.07, 6.45) is 14.2. The summed E-state index contributed by atoms with van der Waals surface area (Å²) in [5.41, 5.74) is 2.13. The normalized spacial score (nSPS) is 10.9. The van der Waals surface area contributed by atoms with Crippen LogP contribution in [0.5, 0.6) is 0 Å². The van der Waals surface area contributed by atoms with E-state index in [4.69, 9.17) is 14.9 Å². The number of aliphatic hydroxyl groups excluding tert-OH is 2. The largest absolute Gasteiger partial charge is 2.00 e. The van der Waals surface area contributed by atoms with Gasteiger partial charge in [-0.15, -0.1) is 12.8 Å². The number of hydrogen-bond donors (Lipinski definition) is 2. The van der Waals surface area contributed by atoms with Crippen molar-refractivity contribution in [1.82, 2.24) is 4.90 Å². The van der Waals surface area contributed by atoms with Crippen LogP contribution in [0, 0.1) is 12.2 Å².